The number of aryl methyl sites for hydroxylation is 1. The van der Waals surface area contributed by atoms with Crippen molar-refractivity contribution < 1.29 is 9.47 Å². The van der Waals surface area contributed by atoms with Crippen LogP contribution in [-0.2, 0) is 17.7 Å². The van der Waals surface area contributed by atoms with E-state index in [1.54, 1.807) is 12.4 Å². The van der Waals surface area contributed by atoms with Crippen molar-refractivity contribution in [3.05, 3.63) is 77.4 Å². The molecule has 0 aliphatic carbocycles. The molecule has 4 rings (SSSR count). The van der Waals surface area contributed by atoms with Crippen LogP contribution in [0.1, 0.15) is 22.6 Å². The van der Waals surface area contributed by atoms with Gasteiger partial charge in [0.2, 0.25) is 5.88 Å². The zero-order chi connectivity index (χ0) is 21.3. The lowest BCUT2D eigenvalue weighted by Gasteiger charge is -2.28. The number of morpholine rings is 1. The molecule has 1 aliphatic rings. The number of aliphatic imine (C=N–C) groups is 1. The molecular weight excluding hydrogens is 390 g/mol. The van der Waals surface area contributed by atoms with Gasteiger partial charge in [0.25, 0.3) is 0 Å². The molecule has 2 aromatic heterocycles. The predicted molar refractivity (Wildman–Crippen MR) is 121 cm³/mol. The Kier molecular flexibility index (Phi) is 7.18. The van der Waals surface area contributed by atoms with Gasteiger partial charge in [-0.1, -0.05) is 35.9 Å². The van der Waals surface area contributed by atoms with E-state index >= 15 is 0 Å². The second-order valence-electron chi connectivity index (χ2n) is 7.40. The van der Waals surface area contributed by atoms with Crippen LogP contribution in [0.25, 0.3) is 0 Å². The van der Waals surface area contributed by atoms with Gasteiger partial charge < -0.3 is 14.4 Å². The van der Waals surface area contributed by atoms with E-state index in [-0.39, 0.29) is 0 Å². The smallest absolute Gasteiger partial charge is 0.219 e. The second kappa shape index (κ2) is 10.6. The van der Waals surface area contributed by atoms with Crippen molar-refractivity contribution in [1.29, 1.82) is 0 Å². The average molecular weight is 418 g/mol. The molecule has 1 aliphatic heterocycles. The van der Waals surface area contributed by atoms with Crippen molar-refractivity contribution in [1.82, 2.24) is 15.0 Å². The number of anilines is 1. The van der Waals surface area contributed by atoms with Crippen molar-refractivity contribution >= 4 is 12.0 Å². The summed E-state index contributed by atoms with van der Waals surface area (Å²) in [6.07, 6.45) is 4.23. The average Bonchev–Trinajstić information content (AvgIpc) is 2.80. The van der Waals surface area contributed by atoms with Crippen LogP contribution < -0.4 is 9.64 Å². The summed E-state index contributed by atoms with van der Waals surface area (Å²) in [7, 11) is 0. The third-order valence-corrected chi connectivity index (χ3v) is 4.94. The highest BCUT2D eigenvalue weighted by atomic mass is 16.5. The minimum absolute atomic E-state index is 0.496. The van der Waals surface area contributed by atoms with Gasteiger partial charge in [-0.25, -0.2) is 4.98 Å². The molecule has 3 heterocycles. The van der Waals surface area contributed by atoms with Gasteiger partial charge in [-0.2, -0.15) is 4.98 Å². The van der Waals surface area contributed by atoms with Crippen LogP contribution in [0.5, 0.6) is 5.88 Å². The topological polar surface area (TPSA) is 72.7 Å². The second-order valence-corrected chi connectivity index (χ2v) is 7.40. The fourth-order valence-electron chi connectivity index (χ4n) is 3.37. The van der Waals surface area contributed by atoms with E-state index in [4.69, 9.17) is 9.47 Å². The van der Waals surface area contributed by atoms with Gasteiger partial charge in [-0.15, -0.1) is 0 Å². The van der Waals surface area contributed by atoms with E-state index in [1.807, 2.05) is 30.3 Å². The molecule has 1 saturated heterocycles. The monoisotopic (exact) mass is 417 g/mol. The molecule has 0 N–H and O–H groups in total. The molecule has 0 unspecified atom stereocenters. The first kappa shape index (κ1) is 20.9. The van der Waals surface area contributed by atoms with Crippen molar-refractivity contribution in [2.75, 3.05) is 37.8 Å². The van der Waals surface area contributed by atoms with Crippen molar-refractivity contribution in [3.8, 4) is 5.88 Å². The number of hydrogen-bond acceptors (Lipinski definition) is 7. The number of nitrogens with zero attached hydrogens (tertiary/aromatic N) is 5. The Morgan fingerprint density at radius 1 is 1.10 bits per heavy atom. The number of benzene rings is 1. The summed E-state index contributed by atoms with van der Waals surface area (Å²) in [5.74, 6) is 1.93. The summed E-state index contributed by atoms with van der Waals surface area (Å²) in [5, 5.41) is 0. The SMILES string of the molecule is Cc1cccc(CN=Cc2nc(OCCc3ccccn3)cc(N3CCOCC3)n2)c1. The first-order valence-corrected chi connectivity index (χ1v) is 10.6. The van der Waals surface area contributed by atoms with E-state index < -0.39 is 0 Å². The molecular formula is C24H27N5O2. The lowest BCUT2D eigenvalue weighted by molar-refractivity contribution is 0.122. The normalized spacial score (nSPS) is 14.2. The van der Waals surface area contributed by atoms with E-state index in [0.29, 0.717) is 44.5 Å². The number of pyridine rings is 1. The van der Waals surface area contributed by atoms with Gasteiger partial charge in [-0.05, 0) is 24.6 Å². The van der Waals surface area contributed by atoms with Gasteiger partial charge in [-0.3, -0.25) is 9.98 Å². The summed E-state index contributed by atoms with van der Waals surface area (Å²) in [4.78, 5) is 20.3. The van der Waals surface area contributed by atoms with Gasteiger partial charge in [0.1, 0.15) is 5.82 Å². The summed E-state index contributed by atoms with van der Waals surface area (Å²) < 4.78 is 11.4. The van der Waals surface area contributed by atoms with Gasteiger partial charge in [0.05, 0.1) is 32.6 Å². The highest BCUT2D eigenvalue weighted by Gasteiger charge is 2.15. The summed E-state index contributed by atoms with van der Waals surface area (Å²) in [6, 6.07) is 16.1. The van der Waals surface area contributed by atoms with Crippen LogP contribution in [0.4, 0.5) is 5.82 Å². The van der Waals surface area contributed by atoms with E-state index in [2.05, 4.69) is 50.0 Å². The zero-order valence-electron chi connectivity index (χ0n) is 17.8. The first-order chi connectivity index (χ1) is 15.3. The van der Waals surface area contributed by atoms with Gasteiger partial charge >= 0.3 is 0 Å². The van der Waals surface area contributed by atoms with Crippen molar-refractivity contribution in [2.45, 2.75) is 19.9 Å². The summed E-state index contributed by atoms with van der Waals surface area (Å²) >= 11 is 0. The summed E-state index contributed by atoms with van der Waals surface area (Å²) in [6.45, 7) is 6.14. The van der Waals surface area contributed by atoms with Crippen molar-refractivity contribution in [2.24, 2.45) is 4.99 Å². The molecule has 1 aromatic carbocycles. The van der Waals surface area contributed by atoms with Crippen LogP contribution in [0.15, 0.2) is 59.7 Å². The maximum atomic E-state index is 5.95. The van der Waals surface area contributed by atoms with Crippen LogP contribution in [0, 0.1) is 6.92 Å². The Morgan fingerprint density at radius 3 is 2.81 bits per heavy atom. The fourth-order valence-corrected chi connectivity index (χ4v) is 3.37. The molecule has 0 bridgehead atoms. The van der Waals surface area contributed by atoms with Gasteiger partial charge in [0, 0.05) is 37.5 Å². The maximum Gasteiger partial charge on any atom is 0.219 e. The third-order valence-electron chi connectivity index (χ3n) is 4.94. The van der Waals surface area contributed by atoms with Crippen LogP contribution in [-0.4, -0.2) is 54.1 Å². The number of hydrogen-bond donors (Lipinski definition) is 0. The molecule has 0 atom stereocenters. The minimum atomic E-state index is 0.496. The van der Waals surface area contributed by atoms with E-state index in [1.165, 1.54) is 5.56 Å². The molecule has 0 radical (unpaired) electrons. The van der Waals surface area contributed by atoms with E-state index in [9.17, 15) is 0 Å². The quantitative estimate of drug-likeness (QED) is 0.524. The molecule has 31 heavy (non-hydrogen) atoms. The lowest BCUT2D eigenvalue weighted by atomic mass is 10.1. The zero-order valence-corrected chi connectivity index (χ0v) is 17.8. The minimum Gasteiger partial charge on any atom is -0.477 e. The van der Waals surface area contributed by atoms with Crippen LogP contribution in [0.3, 0.4) is 0 Å². The Labute approximate surface area is 182 Å². The first-order valence-electron chi connectivity index (χ1n) is 10.6. The Balaban J connectivity index is 1.47. The summed E-state index contributed by atoms with van der Waals surface area (Å²) in [5.41, 5.74) is 3.37. The molecule has 3 aromatic rings. The van der Waals surface area contributed by atoms with Crippen LogP contribution in [0.2, 0.25) is 0 Å². The van der Waals surface area contributed by atoms with Gasteiger partial charge in [0.15, 0.2) is 5.82 Å². The molecule has 160 valence electrons. The maximum absolute atomic E-state index is 5.95. The third kappa shape index (κ3) is 6.33. The Morgan fingerprint density at radius 2 is 2.00 bits per heavy atom. The molecule has 7 heteroatoms. The number of aromatic nitrogens is 3. The van der Waals surface area contributed by atoms with Crippen molar-refractivity contribution in [3.63, 3.8) is 0 Å². The molecule has 7 nitrogen and oxygen atoms in total. The standard InChI is InChI=1S/C24H27N5O2/c1-19-5-4-6-20(15-19)17-25-18-22-27-23(29-10-13-30-14-11-29)16-24(28-22)31-12-8-21-7-2-3-9-26-21/h2-7,9,15-16,18H,8,10-14,17H2,1H3. The predicted octanol–water partition coefficient (Wildman–Crippen LogP) is 3.26. The molecule has 0 spiro atoms. The van der Waals surface area contributed by atoms with E-state index in [0.717, 1.165) is 30.2 Å². The lowest BCUT2D eigenvalue weighted by Crippen LogP contribution is -2.37. The molecule has 0 amide bonds. The fraction of sp³-hybridized carbons (Fsp3) is 0.333. The molecule has 0 saturated carbocycles. The Hall–Kier alpha value is -3.32. The number of ether oxygens (including phenoxy) is 2. The highest BCUT2D eigenvalue weighted by Crippen LogP contribution is 2.19. The highest BCUT2D eigenvalue weighted by molar-refractivity contribution is 5.75. The molecule has 1 fully saturated rings. The number of rotatable bonds is 8. The Bertz CT molecular complexity index is 1000. The van der Waals surface area contributed by atoms with Crippen LogP contribution >= 0.6 is 0 Å². The largest absolute Gasteiger partial charge is 0.477 e.